The maximum Gasteiger partial charge on any atom is 0.446 e. The summed E-state index contributed by atoms with van der Waals surface area (Å²) in [5, 5.41) is 8.88. The van der Waals surface area contributed by atoms with Crippen LogP contribution in [-0.2, 0) is 4.74 Å². The van der Waals surface area contributed by atoms with E-state index in [9.17, 15) is 22.8 Å². The van der Waals surface area contributed by atoms with Crippen molar-refractivity contribution in [2.45, 2.75) is 10.4 Å². The average Bonchev–Trinajstić information content (AvgIpc) is 2.34. The van der Waals surface area contributed by atoms with Gasteiger partial charge in [0.2, 0.25) is 0 Å². The number of halogens is 3. The van der Waals surface area contributed by atoms with Gasteiger partial charge in [-0.25, -0.2) is 4.79 Å². The van der Waals surface area contributed by atoms with Crippen LogP contribution >= 0.6 is 11.8 Å². The molecule has 0 saturated heterocycles. The van der Waals surface area contributed by atoms with Gasteiger partial charge in [0.05, 0.1) is 18.2 Å². The molecule has 1 aromatic rings. The molecule has 0 spiro atoms. The first-order chi connectivity index (χ1) is 8.82. The van der Waals surface area contributed by atoms with Gasteiger partial charge in [0, 0.05) is 10.5 Å². The van der Waals surface area contributed by atoms with Gasteiger partial charge in [0.15, 0.2) is 0 Å². The molecule has 0 atom stereocenters. The maximum atomic E-state index is 12.4. The molecule has 0 amide bonds. The molecule has 0 aliphatic heterocycles. The van der Waals surface area contributed by atoms with Crippen molar-refractivity contribution in [1.82, 2.24) is 0 Å². The van der Waals surface area contributed by atoms with Crippen LogP contribution in [0.2, 0.25) is 0 Å². The third-order valence-electron chi connectivity index (χ3n) is 2.00. The van der Waals surface area contributed by atoms with E-state index in [0.29, 0.717) is 0 Å². The molecule has 0 aliphatic carbocycles. The highest BCUT2D eigenvalue weighted by atomic mass is 32.2. The molecule has 0 radical (unpaired) electrons. The molecule has 1 aromatic carbocycles. The number of thioether (sulfide) groups is 1. The minimum absolute atomic E-state index is 0.147. The van der Waals surface area contributed by atoms with E-state index in [2.05, 4.69) is 4.74 Å². The van der Waals surface area contributed by atoms with Gasteiger partial charge in [-0.1, -0.05) is 0 Å². The van der Waals surface area contributed by atoms with Gasteiger partial charge in [0.25, 0.3) is 0 Å². The summed E-state index contributed by atoms with van der Waals surface area (Å²) >= 11 is -0.566. The molecule has 1 rings (SSSR count). The number of esters is 1. The standard InChI is InChI=1S/C11H6F3NO3S/c1-18-10(17)7-2-6(5-16)3-9(8(7)4-15)19-11(12,13)14/h2-3,5H,1H3. The van der Waals surface area contributed by atoms with Crippen LogP contribution in [0.4, 0.5) is 13.2 Å². The number of rotatable bonds is 3. The largest absolute Gasteiger partial charge is 0.465 e. The highest BCUT2D eigenvalue weighted by Gasteiger charge is 2.32. The number of benzene rings is 1. The van der Waals surface area contributed by atoms with Crippen LogP contribution in [0.5, 0.6) is 0 Å². The van der Waals surface area contributed by atoms with Crippen molar-refractivity contribution in [3.8, 4) is 6.07 Å². The van der Waals surface area contributed by atoms with E-state index in [1.165, 1.54) is 6.07 Å². The van der Waals surface area contributed by atoms with Crippen LogP contribution in [0.25, 0.3) is 0 Å². The summed E-state index contributed by atoms with van der Waals surface area (Å²) in [7, 11) is 1.02. The lowest BCUT2D eigenvalue weighted by molar-refractivity contribution is -0.0328. The van der Waals surface area contributed by atoms with Gasteiger partial charge >= 0.3 is 11.5 Å². The molecule has 0 saturated carbocycles. The second-order valence-electron chi connectivity index (χ2n) is 3.21. The summed E-state index contributed by atoms with van der Waals surface area (Å²) in [5.41, 5.74) is -5.63. The van der Waals surface area contributed by atoms with Gasteiger partial charge in [-0.3, -0.25) is 4.79 Å². The monoisotopic (exact) mass is 289 g/mol. The van der Waals surface area contributed by atoms with Crippen molar-refractivity contribution in [2.24, 2.45) is 0 Å². The Labute approximate surface area is 110 Å². The number of carbonyl (C=O) groups is 2. The lowest BCUT2D eigenvalue weighted by Crippen LogP contribution is -2.08. The summed E-state index contributed by atoms with van der Waals surface area (Å²) in [5.74, 6) is -0.982. The Hall–Kier alpha value is -2.01. The fourth-order valence-corrected chi connectivity index (χ4v) is 2.00. The van der Waals surface area contributed by atoms with E-state index < -0.39 is 33.7 Å². The Morgan fingerprint density at radius 3 is 2.53 bits per heavy atom. The third kappa shape index (κ3) is 3.72. The number of nitriles is 1. The quantitative estimate of drug-likeness (QED) is 0.486. The summed E-state index contributed by atoms with van der Waals surface area (Å²) in [6, 6.07) is 3.43. The zero-order chi connectivity index (χ0) is 14.6. The first-order valence-electron chi connectivity index (χ1n) is 4.69. The van der Waals surface area contributed by atoms with E-state index in [4.69, 9.17) is 5.26 Å². The zero-order valence-corrected chi connectivity index (χ0v) is 10.3. The second kappa shape index (κ2) is 5.75. The van der Waals surface area contributed by atoms with Crippen LogP contribution in [0, 0.1) is 11.3 Å². The minimum atomic E-state index is -4.64. The molecule has 0 N–H and O–H groups in total. The van der Waals surface area contributed by atoms with E-state index in [0.717, 1.165) is 19.2 Å². The molecule has 0 unspecified atom stereocenters. The SMILES string of the molecule is COC(=O)c1cc(C=O)cc(SC(F)(F)F)c1C#N. The molecule has 100 valence electrons. The van der Waals surface area contributed by atoms with Crippen LogP contribution in [0.15, 0.2) is 17.0 Å². The summed E-state index contributed by atoms with van der Waals surface area (Å²) in [6.07, 6.45) is 0.286. The fourth-order valence-electron chi connectivity index (χ4n) is 1.30. The first-order valence-corrected chi connectivity index (χ1v) is 5.51. The Bertz CT molecular complexity index is 564. The highest BCUT2D eigenvalue weighted by Crippen LogP contribution is 2.39. The average molecular weight is 289 g/mol. The summed E-state index contributed by atoms with van der Waals surface area (Å²) < 4.78 is 41.4. The van der Waals surface area contributed by atoms with Gasteiger partial charge in [-0.15, -0.1) is 0 Å². The second-order valence-corrected chi connectivity index (χ2v) is 4.32. The number of methoxy groups -OCH3 is 1. The van der Waals surface area contributed by atoms with Crippen LogP contribution in [0.3, 0.4) is 0 Å². The van der Waals surface area contributed by atoms with Crippen molar-refractivity contribution in [2.75, 3.05) is 7.11 Å². The van der Waals surface area contributed by atoms with Crippen LogP contribution in [-0.4, -0.2) is 24.9 Å². The van der Waals surface area contributed by atoms with Gasteiger partial charge in [-0.05, 0) is 23.9 Å². The smallest absolute Gasteiger partial charge is 0.446 e. The number of aldehydes is 1. The Morgan fingerprint density at radius 2 is 2.11 bits per heavy atom. The molecule has 4 nitrogen and oxygen atoms in total. The van der Waals surface area contributed by atoms with E-state index in [1.54, 1.807) is 0 Å². The molecular formula is C11H6F3NO3S. The zero-order valence-electron chi connectivity index (χ0n) is 9.45. The molecule has 0 aromatic heterocycles. The lowest BCUT2D eigenvalue weighted by Gasteiger charge is -2.10. The summed E-state index contributed by atoms with van der Waals surface area (Å²) in [4.78, 5) is 21.5. The molecule has 0 bridgehead atoms. The van der Waals surface area contributed by atoms with Gasteiger partial charge in [-0.2, -0.15) is 18.4 Å². The van der Waals surface area contributed by atoms with Crippen molar-refractivity contribution < 1.29 is 27.5 Å². The number of ether oxygens (including phenoxy) is 1. The molecule has 8 heteroatoms. The highest BCUT2D eigenvalue weighted by molar-refractivity contribution is 8.00. The molecular weight excluding hydrogens is 283 g/mol. The van der Waals surface area contributed by atoms with Crippen molar-refractivity contribution in [3.63, 3.8) is 0 Å². The fraction of sp³-hybridized carbons (Fsp3) is 0.182. The maximum absolute atomic E-state index is 12.4. The van der Waals surface area contributed by atoms with Gasteiger partial charge in [0.1, 0.15) is 12.4 Å². The van der Waals surface area contributed by atoms with E-state index >= 15 is 0 Å². The van der Waals surface area contributed by atoms with Crippen LogP contribution < -0.4 is 0 Å². The number of alkyl halides is 3. The predicted octanol–water partition coefficient (Wildman–Crippen LogP) is 2.77. The van der Waals surface area contributed by atoms with Gasteiger partial charge < -0.3 is 4.74 Å². The van der Waals surface area contributed by atoms with Crippen molar-refractivity contribution in [1.29, 1.82) is 5.26 Å². The van der Waals surface area contributed by atoms with Crippen LogP contribution in [0.1, 0.15) is 26.3 Å². The topological polar surface area (TPSA) is 67.2 Å². The molecule has 0 fully saturated rings. The number of hydrogen-bond donors (Lipinski definition) is 0. The first kappa shape index (κ1) is 15.0. The number of hydrogen-bond acceptors (Lipinski definition) is 5. The third-order valence-corrected chi connectivity index (χ3v) is 2.78. The number of nitrogens with zero attached hydrogens (tertiary/aromatic N) is 1. The molecule has 19 heavy (non-hydrogen) atoms. The number of carbonyl (C=O) groups excluding carboxylic acids is 2. The normalized spacial score (nSPS) is 10.7. The predicted molar refractivity (Wildman–Crippen MR) is 59.8 cm³/mol. The Morgan fingerprint density at radius 1 is 1.47 bits per heavy atom. The van der Waals surface area contributed by atoms with E-state index in [-0.39, 0.29) is 17.4 Å². The van der Waals surface area contributed by atoms with Crippen molar-refractivity contribution in [3.05, 3.63) is 28.8 Å². The minimum Gasteiger partial charge on any atom is -0.465 e. The molecule has 0 aliphatic rings. The van der Waals surface area contributed by atoms with Crippen molar-refractivity contribution >= 4 is 24.0 Å². The lowest BCUT2D eigenvalue weighted by atomic mass is 10.1. The Balaban J connectivity index is 3.49. The summed E-state index contributed by atoms with van der Waals surface area (Å²) in [6.45, 7) is 0. The molecule has 0 heterocycles. The Kier molecular flexibility index (Phi) is 4.56. The van der Waals surface area contributed by atoms with E-state index in [1.807, 2.05) is 0 Å².